The van der Waals surface area contributed by atoms with Crippen LogP contribution in [0.15, 0.2) is 29.3 Å². The summed E-state index contributed by atoms with van der Waals surface area (Å²) < 4.78 is 42.1. The number of carbonyl (C=O) groups excluding carboxylic acids is 2. The van der Waals surface area contributed by atoms with Crippen LogP contribution in [0.25, 0.3) is 0 Å². The first-order chi connectivity index (χ1) is 16.2. The van der Waals surface area contributed by atoms with Gasteiger partial charge in [-0.15, -0.1) is 0 Å². The molecule has 192 valence electrons. The van der Waals surface area contributed by atoms with Crippen LogP contribution < -0.4 is 9.04 Å². The summed E-state index contributed by atoms with van der Waals surface area (Å²) in [6.07, 6.45) is 1.73. The molecule has 9 nitrogen and oxygen atoms in total. The molecule has 1 aliphatic heterocycles. The minimum Gasteiger partial charge on any atom is -0.486 e. The molecule has 0 saturated carbocycles. The Morgan fingerprint density at radius 2 is 1.94 bits per heavy atom. The van der Waals surface area contributed by atoms with Crippen molar-refractivity contribution in [3.63, 3.8) is 0 Å². The Bertz CT molecular complexity index is 1210. The number of carbonyl (C=O) groups is 2. The zero-order chi connectivity index (χ0) is 26.1. The van der Waals surface area contributed by atoms with Gasteiger partial charge in [0.1, 0.15) is 28.1 Å². The van der Waals surface area contributed by atoms with Crippen LogP contribution in [0.3, 0.4) is 0 Å². The summed E-state index contributed by atoms with van der Waals surface area (Å²) in [5.74, 6) is -0.0113. The number of anilines is 1. The number of nitrogens with zero attached hydrogens (tertiary/aromatic N) is 3. The number of benzene rings is 1. The van der Waals surface area contributed by atoms with Gasteiger partial charge in [-0.05, 0) is 72.6 Å². The van der Waals surface area contributed by atoms with Crippen molar-refractivity contribution in [1.29, 1.82) is 0 Å². The Kier molecular flexibility index (Phi) is 7.64. The highest BCUT2D eigenvalue weighted by atomic mass is 32.2. The van der Waals surface area contributed by atoms with Gasteiger partial charge in [0, 0.05) is 18.7 Å². The van der Waals surface area contributed by atoms with Gasteiger partial charge >= 0.3 is 5.97 Å². The fourth-order valence-corrected chi connectivity index (χ4v) is 5.51. The van der Waals surface area contributed by atoms with Crippen molar-refractivity contribution >= 4 is 27.5 Å². The zero-order valence-electron chi connectivity index (χ0n) is 21.5. The van der Waals surface area contributed by atoms with Gasteiger partial charge in [0.15, 0.2) is 0 Å². The molecule has 0 saturated heterocycles. The SMILES string of the molecule is CC(=O)CC[C@H]1CN(S(=O)(=O)c2cn(C(C)C)nc2C)c2cc(CC(=O)OC(C)(C)C)ccc2O1. The van der Waals surface area contributed by atoms with Crippen molar-refractivity contribution in [2.75, 3.05) is 10.8 Å². The summed E-state index contributed by atoms with van der Waals surface area (Å²) in [6, 6.07) is 5.05. The number of ketones is 1. The van der Waals surface area contributed by atoms with Gasteiger partial charge in [-0.2, -0.15) is 5.10 Å². The van der Waals surface area contributed by atoms with Gasteiger partial charge in [0.2, 0.25) is 0 Å². The highest BCUT2D eigenvalue weighted by Crippen LogP contribution is 2.39. The van der Waals surface area contributed by atoms with E-state index in [2.05, 4.69) is 5.10 Å². The lowest BCUT2D eigenvalue weighted by Crippen LogP contribution is -2.43. The molecule has 3 rings (SSSR count). The monoisotopic (exact) mass is 505 g/mol. The van der Waals surface area contributed by atoms with Gasteiger partial charge < -0.3 is 14.3 Å². The van der Waals surface area contributed by atoms with E-state index >= 15 is 0 Å². The smallest absolute Gasteiger partial charge is 0.310 e. The maximum atomic E-state index is 13.9. The molecule has 2 aromatic rings. The second-order valence-corrected chi connectivity index (χ2v) is 12.1. The number of ether oxygens (including phenoxy) is 2. The lowest BCUT2D eigenvalue weighted by atomic mass is 10.1. The second kappa shape index (κ2) is 10.0. The molecule has 0 amide bonds. The molecule has 1 aromatic heterocycles. The molecule has 0 spiro atoms. The molecule has 1 aromatic carbocycles. The number of sulfonamides is 1. The first-order valence-corrected chi connectivity index (χ1v) is 13.2. The Hall–Kier alpha value is -2.88. The van der Waals surface area contributed by atoms with E-state index < -0.39 is 27.7 Å². The molecule has 1 aliphatic rings. The average molecular weight is 506 g/mol. The fraction of sp³-hybridized carbons (Fsp3) is 0.560. The predicted molar refractivity (Wildman–Crippen MR) is 132 cm³/mol. The van der Waals surface area contributed by atoms with Gasteiger partial charge in [-0.1, -0.05) is 6.07 Å². The lowest BCUT2D eigenvalue weighted by Gasteiger charge is -2.35. The van der Waals surface area contributed by atoms with E-state index in [-0.39, 0.29) is 36.1 Å². The molecule has 2 heterocycles. The van der Waals surface area contributed by atoms with Crippen LogP contribution in [0.5, 0.6) is 5.75 Å². The predicted octanol–water partition coefficient (Wildman–Crippen LogP) is 3.98. The summed E-state index contributed by atoms with van der Waals surface area (Å²) in [7, 11) is -4.00. The average Bonchev–Trinajstić information content (AvgIpc) is 3.13. The maximum absolute atomic E-state index is 13.9. The first kappa shape index (κ1) is 26.7. The van der Waals surface area contributed by atoms with E-state index in [0.29, 0.717) is 29.1 Å². The molecule has 35 heavy (non-hydrogen) atoms. The minimum absolute atomic E-state index is 0.00151. The van der Waals surface area contributed by atoms with Gasteiger partial charge in [-0.3, -0.25) is 13.8 Å². The molecule has 0 unspecified atom stereocenters. The summed E-state index contributed by atoms with van der Waals surface area (Å²) in [4.78, 5) is 24.0. The van der Waals surface area contributed by atoms with Crippen molar-refractivity contribution in [2.24, 2.45) is 0 Å². The summed E-state index contributed by atoms with van der Waals surface area (Å²) >= 11 is 0. The van der Waals surface area contributed by atoms with Crippen LogP contribution in [0.2, 0.25) is 0 Å². The molecule has 10 heteroatoms. The van der Waals surface area contributed by atoms with Crippen LogP contribution in [0.4, 0.5) is 5.69 Å². The van der Waals surface area contributed by atoms with Gasteiger partial charge in [0.25, 0.3) is 10.0 Å². The van der Waals surface area contributed by atoms with Crippen molar-refractivity contribution in [1.82, 2.24) is 9.78 Å². The molecular formula is C25H35N3O6S. The van der Waals surface area contributed by atoms with Crippen molar-refractivity contribution in [3.05, 3.63) is 35.7 Å². The van der Waals surface area contributed by atoms with Crippen LogP contribution in [0, 0.1) is 6.92 Å². The minimum atomic E-state index is -4.00. The Balaban J connectivity index is 2.02. The molecular weight excluding hydrogens is 470 g/mol. The first-order valence-electron chi connectivity index (χ1n) is 11.8. The second-order valence-electron chi connectivity index (χ2n) is 10.2. The topological polar surface area (TPSA) is 108 Å². The molecule has 0 aliphatic carbocycles. The third-order valence-corrected chi connectivity index (χ3v) is 7.39. The van der Waals surface area contributed by atoms with Crippen molar-refractivity contribution in [3.8, 4) is 5.75 Å². The third-order valence-electron chi connectivity index (χ3n) is 5.51. The van der Waals surface area contributed by atoms with Crippen LogP contribution in [-0.2, 0) is 30.8 Å². The number of rotatable bonds is 8. The number of fused-ring (bicyclic) bond motifs is 1. The van der Waals surface area contributed by atoms with E-state index in [0.717, 1.165) is 0 Å². The lowest BCUT2D eigenvalue weighted by molar-refractivity contribution is -0.153. The van der Waals surface area contributed by atoms with Gasteiger partial charge in [0.05, 0.1) is 24.3 Å². The number of aromatic nitrogens is 2. The number of hydrogen-bond donors (Lipinski definition) is 0. The molecule has 0 N–H and O–H groups in total. The van der Waals surface area contributed by atoms with Crippen LogP contribution in [0.1, 0.15) is 71.7 Å². The highest BCUT2D eigenvalue weighted by molar-refractivity contribution is 7.92. The zero-order valence-corrected chi connectivity index (χ0v) is 22.3. The summed E-state index contributed by atoms with van der Waals surface area (Å²) in [5, 5.41) is 4.37. The van der Waals surface area contributed by atoms with E-state index in [1.54, 1.807) is 56.8 Å². The Labute approximate surface area is 207 Å². The number of esters is 1. The van der Waals surface area contributed by atoms with Crippen LogP contribution in [-0.4, -0.2) is 48.2 Å². The normalized spacial score (nSPS) is 16.1. The fourth-order valence-electron chi connectivity index (χ4n) is 3.86. The summed E-state index contributed by atoms with van der Waals surface area (Å²) in [5.41, 5.74) is 0.735. The van der Waals surface area contributed by atoms with Crippen LogP contribution >= 0.6 is 0 Å². The van der Waals surface area contributed by atoms with E-state index in [4.69, 9.17) is 9.47 Å². The van der Waals surface area contributed by atoms with E-state index in [9.17, 15) is 18.0 Å². The Morgan fingerprint density at radius 3 is 2.51 bits per heavy atom. The molecule has 0 bridgehead atoms. The quantitative estimate of drug-likeness (QED) is 0.499. The van der Waals surface area contributed by atoms with E-state index in [1.165, 1.54) is 11.2 Å². The van der Waals surface area contributed by atoms with E-state index in [1.807, 2.05) is 13.8 Å². The maximum Gasteiger partial charge on any atom is 0.310 e. The third kappa shape index (κ3) is 6.42. The molecule has 0 radical (unpaired) electrons. The number of hydrogen-bond acceptors (Lipinski definition) is 7. The largest absolute Gasteiger partial charge is 0.486 e. The van der Waals surface area contributed by atoms with Crippen molar-refractivity contribution < 1.29 is 27.5 Å². The summed E-state index contributed by atoms with van der Waals surface area (Å²) in [6.45, 7) is 12.4. The van der Waals surface area contributed by atoms with Crippen molar-refractivity contribution in [2.45, 2.75) is 90.4 Å². The molecule has 1 atom stereocenters. The Morgan fingerprint density at radius 1 is 1.26 bits per heavy atom. The number of aryl methyl sites for hydroxylation is 1. The standard InChI is InChI=1S/C25H35N3O6S/c1-16(2)27-15-23(18(4)26-27)35(31,32)28-14-20(10-8-17(3)29)33-22-11-9-19(12-21(22)28)13-24(30)34-25(5,6)7/h9,11-12,15-16,20H,8,10,13-14H2,1-7H3/t20-/m0/s1. The van der Waals surface area contributed by atoms with Gasteiger partial charge in [-0.25, -0.2) is 8.42 Å². The molecule has 0 fully saturated rings. The highest BCUT2D eigenvalue weighted by Gasteiger charge is 2.37. The number of Topliss-reactive ketones (excluding diaryl/α,β-unsaturated/α-hetero) is 1.